The summed E-state index contributed by atoms with van der Waals surface area (Å²) in [6, 6.07) is 15.0. The van der Waals surface area contributed by atoms with Crippen LogP contribution in [0.1, 0.15) is 52.5 Å². The van der Waals surface area contributed by atoms with Crippen LogP contribution < -0.4 is 4.74 Å². The average molecular weight is 532 g/mol. The minimum absolute atomic E-state index is 0.00437. The molecule has 0 saturated heterocycles. The van der Waals surface area contributed by atoms with Crippen LogP contribution in [0.4, 0.5) is 13.2 Å². The van der Waals surface area contributed by atoms with Crippen molar-refractivity contribution in [1.82, 2.24) is 3.97 Å². The highest BCUT2D eigenvalue weighted by atomic mass is 32.2. The number of halogens is 3. The van der Waals surface area contributed by atoms with Gasteiger partial charge in [-0.2, -0.15) is 13.2 Å². The molecule has 0 aliphatic carbocycles. The second-order valence-corrected chi connectivity index (χ2v) is 10.7. The van der Waals surface area contributed by atoms with Crippen molar-refractivity contribution in [1.29, 1.82) is 0 Å². The first kappa shape index (κ1) is 26.3. The first-order chi connectivity index (χ1) is 17.3. The molecule has 37 heavy (non-hydrogen) atoms. The molecule has 1 aromatic heterocycles. The molecule has 0 bridgehead atoms. The predicted molar refractivity (Wildman–Crippen MR) is 133 cm³/mol. The number of hydrogen-bond donors (Lipinski definition) is 1. The molecule has 4 rings (SSSR count). The van der Waals surface area contributed by atoms with Gasteiger partial charge < -0.3 is 9.84 Å². The summed E-state index contributed by atoms with van der Waals surface area (Å²) < 4.78 is 73.9. The number of carbonyl (C=O) groups is 1. The predicted octanol–water partition coefficient (Wildman–Crippen LogP) is 6.32. The van der Waals surface area contributed by atoms with Crippen molar-refractivity contribution in [2.24, 2.45) is 0 Å². The molecule has 194 valence electrons. The number of fused-ring (bicyclic) bond motifs is 1. The van der Waals surface area contributed by atoms with Crippen molar-refractivity contribution >= 4 is 26.9 Å². The number of aromatic nitrogens is 1. The number of aromatic carboxylic acids is 1. The van der Waals surface area contributed by atoms with Gasteiger partial charge in [0.2, 0.25) is 0 Å². The summed E-state index contributed by atoms with van der Waals surface area (Å²) in [5.41, 5.74) is 0.816. The van der Waals surface area contributed by atoms with Crippen molar-refractivity contribution in [3.8, 4) is 5.75 Å². The van der Waals surface area contributed by atoms with E-state index in [9.17, 15) is 31.5 Å². The van der Waals surface area contributed by atoms with E-state index in [1.165, 1.54) is 43.5 Å². The summed E-state index contributed by atoms with van der Waals surface area (Å²) in [7, 11) is -2.88. The zero-order valence-electron chi connectivity index (χ0n) is 20.2. The zero-order valence-corrected chi connectivity index (χ0v) is 21.0. The molecule has 0 fully saturated rings. The second-order valence-electron chi connectivity index (χ2n) is 8.92. The van der Waals surface area contributed by atoms with Crippen LogP contribution >= 0.6 is 0 Å². The Morgan fingerprint density at radius 3 is 2.24 bits per heavy atom. The van der Waals surface area contributed by atoms with Crippen LogP contribution in [0.3, 0.4) is 0 Å². The maximum atomic E-state index is 13.8. The van der Waals surface area contributed by atoms with E-state index < -0.39 is 27.7 Å². The highest BCUT2D eigenvalue weighted by Crippen LogP contribution is 2.35. The van der Waals surface area contributed by atoms with Gasteiger partial charge in [-0.25, -0.2) is 17.2 Å². The van der Waals surface area contributed by atoms with Gasteiger partial charge in [0, 0.05) is 17.5 Å². The number of alkyl halides is 3. The molecule has 0 spiro atoms. The summed E-state index contributed by atoms with van der Waals surface area (Å²) in [5.74, 6) is -0.923. The van der Waals surface area contributed by atoms with Crippen molar-refractivity contribution in [3.63, 3.8) is 0 Å². The van der Waals surface area contributed by atoms with E-state index in [1.54, 1.807) is 12.1 Å². The van der Waals surface area contributed by atoms with E-state index in [-0.39, 0.29) is 45.1 Å². The lowest BCUT2D eigenvalue weighted by Gasteiger charge is -2.14. The van der Waals surface area contributed by atoms with Crippen LogP contribution in [-0.2, 0) is 22.6 Å². The van der Waals surface area contributed by atoms with Gasteiger partial charge in [0.1, 0.15) is 11.3 Å². The molecule has 0 atom stereocenters. The second kappa shape index (κ2) is 9.59. The Morgan fingerprint density at radius 1 is 1.00 bits per heavy atom. The number of methoxy groups -OCH3 is 1. The number of carboxylic acids is 1. The van der Waals surface area contributed by atoms with E-state index in [2.05, 4.69) is 0 Å². The highest BCUT2D eigenvalue weighted by molar-refractivity contribution is 7.90. The van der Waals surface area contributed by atoms with Gasteiger partial charge in [-0.1, -0.05) is 32.0 Å². The summed E-state index contributed by atoms with van der Waals surface area (Å²) in [6.45, 7) is 3.95. The lowest BCUT2D eigenvalue weighted by molar-refractivity contribution is -0.137. The van der Waals surface area contributed by atoms with Crippen LogP contribution in [-0.4, -0.2) is 30.6 Å². The summed E-state index contributed by atoms with van der Waals surface area (Å²) >= 11 is 0. The summed E-state index contributed by atoms with van der Waals surface area (Å²) in [4.78, 5) is 11.4. The van der Waals surface area contributed by atoms with E-state index in [0.29, 0.717) is 5.56 Å². The minimum Gasteiger partial charge on any atom is -0.496 e. The molecule has 0 aliphatic rings. The third-order valence-corrected chi connectivity index (χ3v) is 7.90. The number of nitrogens with zero attached hydrogens (tertiary/aromatic N) is 1. The third-order valence-electron chi connectivity index (χ3n) is 6.12. The molecule has 3 aromatic carbocycles. The fourth-order valence-corrected chi connectivity index (χ4v) is 5.73. The highest BCUT2D eigenvalue weighted by Gasteiger charge is 2.32. The maximum absolute atomic E-state index is 13.8. The van der Waals surface area contributed by atoms with Gasteiger partial charge in [-0.15, -0.1) is 0 Å². The Hall–Kier alpha value is -3.79. The van der Waals surface area contributed by atoms with Crippen molar-refractivity contribution in [2.45, 2.75) is 37.3 Å². The smallest absolute Gasteiger partial charge is 0.416 e. The molecule has 0 amide bonds. The number of benzene rings is 3. The van der Waals surface area contributed by atoms with Gasteiger partial charge in [0.15, 0.2) is 0 Å². The fourth-order valence-electron chi connectivity index (χ4n) is 4.19. The lowest BCUT2D eigenvalue weighted by atomic mass is 10.0. The van der Waals surface area contributed by atoms with E-state index >= 15 is 0 Å². The quantitative estimate of drug-likeness (QED) is 0.302. The molecule has 1 N–H and O–H groups in total. The monoisotopic (exact) mass is 531 g/mol. The number of carboxylic acid groups (broad SMARTS) is 1. The van der Waals surface area contributed by atoms with Crippen LogP contribution in [0.2, 0.25) is 0 Å². The summed E-state index contributed by atoms with van der Waals surface area (Å²) in [6.07, 6.45) is -4.60. The molecule has 0 unspecified atom stereocenters. The largest absolute Gasteiger partial charge is 0.496 e. The van der Waals surface area contributed by atoms with Crippen LogP contribution in [0, 0.1) is 0 Å². The first-order valence-electron chi connectivity index (χ1n) is 11.3. The Kier molecular flexibility index (Phi) is 6.81. The number of hydrogen-bond acceptors (Lipinski definition) is 4. The first-order valence-corrected chi connectivity index (χ1v) is 12.7. The Balaban J connectivity index is 1.90. The number of rotatable bonds is 7. The number of ether oxygens (including phenoxy) is 1. The molecule has 10 heteroatoms. The van der Waals surface area contributed by atoms with E-state index in [4.69, 9.17) is 4.74 Å². The van der Waals surface area contributed by atoms with Crippen LogP contribution in [0.5, 0.6) is 5.75 Å². The lowest BCUT2D eigenvalue weighted by Crippen LogP contribution is -2.16. The molecule has 0 saturated carbocycles. The van der Waals surface area contributed by atoms with Crippen molar-refractivity contribution in [2.75, 3.05) is 7.11 Å². The standard InChI is InChI=1S/C27H24F3NO5S/c1-16(2)18-5-8-22(9-6-18)37(34,35)31-21(12-17-4-10-23(26(32)33)25(13-17)36-3)15-19-14-20(27(28,29)30)7-11-24(19)31/h4-11,13-16H,12H2,1-3H3,(H,32,33). The molecule has 0 radical (unpaired) electrons. The van der Waals surface area contributed by atoms with Gasteiger partial charge >= 0.3 is 12.1 Å². The van der Waals surface area contributed by atoms with Gasteiger partial charge in [0.25, 0.3) is 10.0 Å². The molecule has 1 heterocycles. The molecule has 4 aromatic rings. The Bertz CT molecular complexity index is 1590. The van der Waals surface area contributed by atoms with Crippen molar-refractivity contribution in [3.05, 3.63) is 94.7 Å². The molecular formula is C27H24F3NO5S. The molecule has 0 aliphatic heterocycles. The van der Waals surface area contributed by atoms with E-state index in [1.807, 2.05) is 13.8 Å². The fraction of sp³-hybridized carbons (Fsp3) is 0.222. The average Bonchev–Trinajstić information content (AvgIpc) is 3.21. The van der Waals surface area contributed by atoms with Gasteiger partial charge in [-0.3, -0.25) is 0 Å². The topological polar surface area (TPSA) is 85.6 Å². The van der Waals surface area contributed by atoms with E-state index in [0.717, 1.165) is 27.7 Å². The summed E-state index contributed by atoms with van der Waals surface area (Å²) in [5, 5.41) is 9.45. The normalized spacial score (nSPS) is 12.3. The van der Waals surface area contributed by atoms with Gasteiger partial charge in [-0.05, 0) is 65.6 Å². The van der Waals surface area contributed by atoms with Crippen molar-refractivity contribution < 1.29 is 36.2 Å². The minimum atomic E-state index is -4.60. The third kappa shape index (κ3) is 5.06. The van der Waals surface area contributed by atoms with Crippen LogP contribution in [0.15, 0.2) is 71.6 Å². The van der Waals surface area contributed by atoms with Gasteiger partial charge in [0.05, 0.1) is 23.1 Å². The Morgan fingerprint density at radius 2 is 1.68 bits per heavy atom. The molecule has 6 nitrogen and oxygen atoms in total. The SMILES string of the molecule is COc1cc(Cc2cc3cc(C(F)(F)F)ccc3n2S(=O)(=O)c2ccc(C(C)C)cc2)ccc1C(=O)O. The Labute approximate surface area is 212 Å². The maximum Gasteiger partial charge on any atom is 0.416 e. The zero-order chi connectivity index (χ0) is 27.1. The molecular weight excluding hydrogens is 507 g/mol. The van der Waals surface area contributed by atoms with Crippen LogP contribution in [0.25, 0.3) is 10.9 Å².